The van der Waals surface area contributed by atoms with Gasteiger partial charge in [0.15, 0.2) is 5.78 Å². The van der Waals surface area contributed by atoms with Gasteiger partial charge in [-0.3, -0.25) is 19.2 Å². The van der Waals surface area contributed by atoms with E-state index in [1.807, 2.05) is 0 Å². The van der Waals surface area contributed by atoms with Gasteiger partial charge in [-0.05, 0) is 24.6 Å². The summed E-state index contributed by atoms with van der Waals surface area (Å²) >= 11 is 37.1. The highest BCUT2D eigenvalue weighted by molar-refractivity contribution is 6.55. The third kappa shape index (κ3) is 4.71. The fraction of sp³-hybridized carbons (Fsp3) is 0.120. The smallest absolute Gasteiger partial charge is 0.282 e. The Morgan fingerprint density at radius 2 is 1.35 bits per heavy atom. The third-order valence-corrected chi connectivity index (χ3v) is 8.06. The van der Waals surface area contributed by atoms with Gasteiger partial charge < -0.3 is 0 Å². The molecule has 1 aliphatic rings. The van der Waals surface area contributed by atoms with Crippen LogP contribution in [0.3, 0.4) is 0 Å². The molecule has 0 spiro atoms. The van der Waals surface area contributed by atoms with Gasteiger partial charge in [-0.15, -0.1) is 0 Å². The van der Waals surface area contributed by atoms with Gasteiger partial charge in [-0.2, -0.15) is 5.01 Å². The summed E-state index contributed by atoms with van der Waals surface area (Å²) < 4.78 is 0. The molecule has 0 bridgehead atoms. The number of nitrogens with zero attached hydrogens (tertiary/aromatic N) is 2. The van der Waals surface area contributed by atoms with Gasteiger partial charge in [-0.1, -0.05) is 107 Å². The molecule has 37 heavy (non-hydrogen) atoms. The molecule has 0 radical (unpaired) electrons. The average molecular weight is 619 g/mol. The maximum absolute atomic E-state index is 13.9. The first-order valence-corrected chi connectivity index (χ1v) is 12.9. The molecule has 3 aromatic carbocycles. The zero-order valence-corrected chi connectivity index (χ0v) is 23.2. The first-order chi connectivity index (χ1) is 17.5. The first-order valence-electron chi connectivity index (χ1n) is 10.6. The lowest BCUT2D eigenvalue weighted by atomic mass is 10.0. The van der Waals surface area contributed by atoms with Crippen LogP contribution in [-0.2, 0) is 0 Å². The number of imide groups is 1. The van der Waals surface area contributed by atoms with E-state index in [1.165, 1.54) is 18.2 Å². The molecule has 0 saturated heterocycles. The summed E-state index contributed by atoms with van der Waals surface area (Å²) in [6.07, 6.45) is 0.0288. The number of hydrogen-bond donors (Lipinski definition) is 0. The van der Waals surface area contributed by atoms with Crippen molar-refractivity contribution in [3.63, 3.8) is 0 Å². The number of hydrazine groups is 1. The molecule has 0 aromatic heterocycles. The van der Waals surface area contributed by atoms with Crippen molar-refractivity contribution < 1.29 is 19.2 Å². The van der Waals surface area contributed by atoms with Crippen molar-refractivity contribution in [2.45, 2.75) is 19.4 Å². The summed E-state index contributed by atoms with van der Waals surface area (Å²) in [6.45, 7) is 1.63. The number of rotatable bonds is 6. The predicted octanol–water partition coefficient (Wildman–Crippen LogP) is 7.92. The second-order valence-electron chi connectivity index (χ2n) is 7.86. The predicted molar refractivity (Wildman–Crippen MR) is 144 cm³/mol. The number of amides is 3. The van der Waals surface area contributed by atoms with Crippen LogP contribution >= 0.6 is 69.6 Å². The molecule has 1 heterocycles. The number of benzene rings is 3. The molecule has 0 unspecified atom stereocenters. The largest absolute Gasteiger partial charge is 0.292 e. The van der Waals surface area contributed by atoms with Gasteiger partial charge in [-0.25, -0.2) is 5.01 Å². The topological polar surface area (TPSA) is 74.8 Å². The zero-order valence-electron chi connectivity index (χ0n) is 18.7. The molecule has 3 aromatic rings. The molecule has 0 fully saturated rings. The van der Waals surface area contributed by atoms with Crippen molar-refractivity contribution in [3.8, 4) is 0 Å². The highest BCUT2D eigenvalue weighted by Gasteiger charge is 2.49. The Morgan fingerprint density at radius 1 is 0.811 bits per heavy atom. The Labute approximate surface area is 241 Å². The average Bonchev–Trinajstić information content (AvgIpc) is 3.14. The van der Waals surface area contributed by atoms with Crippen LogP contribution in [0.4, 0.5) is 0 Å². The van der Waals surface area contributed by atoms with Gasteiger partial charge >= 0.3 is 0 Å². The van der Waals surface area contributed by atoms with Crippen molar-refractivity contribution in [1.82, 2.24) is 10.0 Å². The summed E-state index contributed by atoms with van der Waals surface area (Å²) in [6, 6.07) is 10.9. The molecule has 1 atom stereocenters. The second-order valence-corrected chi connectivity index (χ2v) is 10.2. The summed E-state index contributed by atoms with van der Waals surface area (Å²) in [5.41, 5.74) is -0.524. The van der Waals surface area contributed by atoms with Crippen LogP contribution in [0, 0.1) is 0 Å². The minimum absolute atomic E-state index is 0.0288. The van der Waals surface area contributed by atoms with E-state index in [1.54, 1.807) is 37.3 Å². The second kappa shape index (κ2) is 10.8. The highest BCUT2D eigenvalue weighted by atomic mass is 35.5. The number of halogens is 6. The van der Waals surface area contributed by atoms with Gasteiger partial charge in [0.2, 0.25) is 0 Å². The van der Waals surface area contributed by atoms with E-state index in [2.05, 4.69) is 0 Å². The van der Waals surface area contributed by atoms with Crippen LogP contribution in [0.25, 0.3) is 0 Å². The van der Waals surface area contributed by atoms with E-state index < -0.39 is 29.5 Å². The van der Waals surface area contributed by atoms with E-state index in [9.17, 15) is 19.2 Å². The third-order valence-electron chi connectivity index (χ3n) is 5.71. The highest BCUT2D eigenvalue weighted by Crippen LogP contribution is 2.45. The number of carbonyl (C=O) groups excluding carboxylic acids is 4. The molecule has 190 valence electrons. The van der Waals surface area contributed by atoms with E-state index in [-0.39, 0.29) is 58.8 Å². The van der Waals surface area contributed by atoms with Crippen LogP contribution in [-0.4, -0.2) is 39.6 Å². The maximum Gasteiger partial charge on any atom is 0.282 e. The Morgan fingerprint density at radius 3 is 1.84 bits per heavy atom. The molecule has 0 N–H and O–H groups in total. The van der Waals surface area contributed by atoms with Crippen LogP contribution < -0.4 is 0 Å². The van der Waals surface area contributed by atoms with E-state index in [0.717, 1.165) is 5.01 Å². The molecule has 4 rings (SSSR count). The molecule has 12 heteroatoms. The molecule has 0 aliphatic carbocycles. The fourth-order valence-corrected chi connectivity index (χ4v) is 5.46. The summed E-state index contributed by atoms with van der Waals surface area (Å²) in [7, 11) is 0. The summed E-state index contributed by atoms with van der Waals surface area (Å²) in [5.74, 6) is -3.45. The van der Waals surface area contributed by atoms with Crippen LogP contribution in [0.2, 0.25) is 30.1 Å². The Kier molecular flexibility index (Phi) is 8.10. The standard InChI is InChI=1S/C25H14Cl6N2O4/c1-2-15(22(34)11-6-4-3-5-7-11)32(23(35)13-9-8-12(26)10-14(13)27)33-24(36)16-17(25(33)37)19(29)21(31)20(30)18(16)28/h3-10,15H,2H2,1H3/t15-/m1/s1. The minimum atomic E-state index is -1.30. The maximum atomic E-state index is 13.9. The normalized spacial score (nSPS) is 13.5. The van der Waals surface area contributed by atoms with Gasteiger partial charge in [0.1, 0.15) is 6.04 Å². The lowest BCUT2D eigenvalue weighted by Crippen LogP contribution is -2.57. The van der Waals surface area contributed by atoms with Crippen LogP contribution in [0.5, 0.6) is 0 Å². The van der Waals surface area contributed by atoms with Crippen molar-refractivity contribution in [2.75, 3.05) is 0 Å². The minimum Gasteiger partial charge on any atom is -0.292 e. The quantitative estimate of drug-likeness (QED) is 0.122. The number of Topliss-reactive ketones (excluding diaryl/α,β-unsaturated/α-hetero) is 1. The molecular weight excluding hydrogens is 605 g/mol. The van der Waals surface area contributed by atoms with Gasteiger partial charge in [0.25, 0.3) is 17.7 Å². The van der Waals surface area contributed by atoms with E-state index in [4.69, 9.17) is 69.6 Å². The lowest BCUT2D eigenvalue weighted by Gasteiger charge is -2.35. The number of hydrogen-bond acceptors (Lipinski definition) is 4. The number of ketones is 1. The van der Waals surface area contributed by atoms with E-state index in [0.29, 0.717) is 5.01 Å². The number of fused-ring (bicyclic) bond motifs is 1. The Hall–Kier alpha value is -2.32. The molecular formula is C25H14Cl6N2O4. The molecule has 3 amide bonds. The summed E-state index contributed by atoms with van der Waals surface area (Å²) in [4.78, 5) is 54.8. The Bertz CT molecular complexity index is 1430. The molecule has 0 saturated carbocycles. The van der Waals surface area contributed by atoms with Crippen molar-refractivity contribution in [2.24, 2.45) is 0 Å². The monoisotopic (exact) mass is 616 g/mol. The molecule has 1 aliphatic heterocycles. The summed E-state index contributed by atoms with van der Waals surface area (Å²) in [5, 5.41) is 0.396. The van der Waals surface area contributed by atoms with Crippen LogP contribution in [0.15, 0.2) is 48.5 Å². The number of carbonyl (C=O) groups is 4. The zero-order chi connectivity index (χ0) is 27.2. The first kappa shape index (κ1) is 27.7. The van der Waals surface area contributed by atoms with Crippen molar-refractivity contribution in [3.05, 3.63) is 101 Å². The van der Waals surface area contributed by atoms with E-state index >= 15 is 0 Å². The van der Waals surface area contributed by atoms with Gasteiger partial charge in [0.05, 0.1) is 41.8 Å². The van der Waals surface area contributed by atoms with Crippen molar-refractivity contribution in [1.29, 1.82) is 0 Å². The van der Waals surface area contributed by atoms with Crippen molar-refractivity contribution >= 4 is 93.1 Å². The SMILES string of the molecule is CC[C@H](C(=O)c1ccccc1)N(C(=O)c1ccc(Cl)cc1Cl)N1C(=O)c2c(Cl)c(Cl)c(Cl)c(Cl)c2C1=O. The molecule has 6 nitrogen and oxygen atoms in total. The fourth-order valence-electron chi connectivity index (χ4n) is 3.96. The lowest BCUT2D eigenvalue weighted by molar-refractivity contribution is -0.00970. The van der Waals surface area contributed by atoms with Crippen LogP contribution in [0.1, 0.15) is 54.8 Å². The van der Waals surface area contributed by atoms with Gasteiger partial charge in [0, 0.05) is 10.6 Å². The Balaban J connectivity index is 1.93.